The van der Waals surface area contributed by atoms with Crippen molar-refractivity contribution in [3.8, 4) is 0 Å². The Morgan fingerprint density at radius 2 is 2.05 bits per heavy atom. The van der Waals surface area contributed by atoms with Crippen LogP contribution in [0.5, 0.6) is 0 Å². The van der Waals surface area contributed by atoms with Crippen molar-refractivity contribution in [2.24, 2.45) is 28.6 Å². The first-order chi connectivity index (χ1) is 9.90. The molecule has 0 radical (unpaired) electrons. The molecule has 3 rings (SSSR count). The quantitative estimate of drug-likeness (QED) is 0.471. The van der Waals surface area contributed by atoms with E-state index in [1.807, 2.05) is 0 Å². The van der Waals surface area contributed by atoms with Gasteiger partial charge in [0.25, 0.3) is 0 Å². The molecule has 0 saturated heterocycles. The van der Waals surface area contributed by atoms with Crippen LogP contribution in [0.1, 0.15) is 66.2 Å². The van der Waals surface area contributed by atoms with Crippen molar-refractivity contribution in [2.45, 2.75) is 66.2 Å². The Morgan fingerprint density at radius 3 is 2.76 bits per heavy atom. The first kappa shape index (κ1) is 15.1. The van der Waals surface area contributed by atoms with Crippen molar-refractivity contribution in [3.63, 3.8) is 0 Å². The van der Waals surface area contributed by atoms with E-state index in [2.05, 4.69) is 39.8 Å². The molecule has 0 aromatic heterocycles. The molecule has 0 bridgehead atoms. The van der Waals surface area contributed by atoms with Gasteiger partial charge in [-0.25, -0.2) is 0 Å². The molecule has 3 aliphatic rings. The smallest absolute Gasteiger partial charge is 0.126 e. The fraction of sp³-hybridized carbons (Fsp3) is 0.750. The molecular formula is C20H30O. The third kappa shape index (κ3) is 2.24. The molecule has 2 fully saturated rings. The van der Waals surface area contributed by atoms with E-state index in [0.717, 1.165) is 6.42 Å². The SMILES string of the molecule is CC1=CCC2C(=CC1C)CCC1C(C)(C=O)CCCC21C. The average Bonchev–Trinajstić information content (AvgIpc) is 2.59. The molecule has 2 saturated carbocycles. The topological polar surface area (TPSA) is 17.1 Å². The molecule has 0 aliphatic heterocycles. The Bertz CT molecular complexity index is 500. The molecular weight excluding hydrogens is 256 g/mol. The van der Waals surface area contributed by atoms with Crippen LogP contribution in [-0.4, -0.2) is 6.29 Å². The van der Waals surface area contributed by atoms with E-state index in [9.17, 15) is 4.79 Å². The highest BCUT2D eigenvalue weighted by Crippen LogP contribution is 2.61. The summed E-state index contributed by atoms with van der Waals surface area (Å²) in [4.78, 5) is 11.8. The lowest BCUT2D eigenvalue weighted by molar-refractivity contribution is -0.130. The van der Waals surface area contributed by atoms with Crippen LogP contribution in [0.2, 0.25) is 0 Å². The van der Waals surface area contributed by atoms with Gasteiger partial charge >= 0.3 is 0 Å². The largest absolute Gasteiger partial charge is 0.303 e. The van der Waals surface area contributed by atoms with Crippen LogP contribution in [0.3, 0.4) is 0 Å². The maximum Gasteiger partial charge on any atom is 0.126 e. The number of fused-ring (bicyclic) bond motifs is 3. The Morgan fingerprint density at radius 1 is 1.29 bits per heavy atom. The Kier molecular flexibility index (Phi) is 3.66. The lowest BCUT2D eigenvalue weighted by Crippen LogP contribution is -2.51. The van der Waals surface area contributed by atoms with E-state index in [1.165, 1.54) is 44.0 Å². The molecule has 116 valence electrons. The average molecular weight is 286 g/mol. The highest BCUT2D eigenvalue weighted by atomic mass is 16.1. The summed E-state index contributed by atoms with van der Waals surface area (Å²) in [7, 11) is 0. The Balaban J connectivity index is 2.01. The van der Waals surface area contributed by atoms with Crippen molar-refractivity contribution in [1.29, 1.82) is 0 Å². The summed E-state index contributed by atoms with van der Waals surface area (Å²) in [5, 5.41) is 0. The summed E-state index contributed by atoms with van der Waals surface area (Å²) in [6.07, 6.45) is 13.5. The first-order valence-electron chi connectivity index (χ1n) is 8.74. The number of hydrogen-bond acceptors (Lipinski definition) is 1. The van der Waals surface area contributed by atoms with Gasteiger partial charge in [-0.1, -0.05) is 50.5 Å². The summed E-state index contributed by atoms with van der Waals surface area (Å²) in [6.45, 7) is 9.30. The molecule has 3 aliphatic carbocycles. The summed E-state index contributed by atoms with van der Waals surface area (Å²) in [5.41, 5.74) is 3.43. The third-order valence-electron chi connectivity index (χ3n) is 7.12. The number of aldehydes is 1. The van der Waals surface area contributed by atoms with E-state index < -0.39 is 0 Å². The predicted octanol–water partition coefficient (Wildman–Crippen LogP) is 5.32. The fourth-order valence-electron chi connectivity index (χ4n) is 5.64. The van der Waals surface area contributed by atoms with Crippen molar-refractivity contribution in [3.05, 3.63) is 23.3 Å². The van der Waals surface area contributed by atoms with Gasteiger partial charge in [0.2, 0.25) is 0 Å². The Hall–Kier alpha value is -0.850. The Labute approximate surface area is 129 Å². The van der Waals surface area contributed by atoms with Crippen LogP contribution in [-0.2, 0) is 4.79 Å². The monoisotopic (exact) mass is 286 g/mol. The summed E-state index contributed by atoms with van der Waals surface area (Å²) in [6, 6.07) is 0. The normalized spacial score (nSPS) is 46.6. The molecule has 0 spiro atoms. The van der Waals surface area contributed by atoms with Crippen LogP contribution < -0.4 is 0 Å². The van der Waals surface area contributed by atoms with Gasteiger partial charge in [-0.3, -0.25) is 0 Å². The minimum Gasteiger partial charge on any atom is -0.303 e. The van der Waals surface area contributed by atoms with Crippen molar-refractivity contribution in [1.82, 2.24) is 0 Å². The van der Waals surface area contributed by atoms with Gasteiger partial charge in [0, 0.05) is 5.41 Å². The van der Waals surface area contributed by atoms with Gasteiger partial charge in [-0.15, -0.1) is 0 Å². The molecule has 5 atom stereocenters. The van der Waals surface area contributed by atoms with Gasteiger partial charge in [-0.05, 0) is 62.2 Å². The zero-order valence-corrected chi connectivity index (χ0v) is 14.1. The summed E-state index contributed by atoms with van der Waals surface area (Å²) >= 11 is 0. The molecule has 21 heavy (non-hydrogen) atoms. The maximum atomic E-state index is 11.8. The van der Waals surface area contributed by atoms with Crippen LogP contribution >= 0.6 is 0 Å². The first-order valence-corrected chi connectivity index (χ1v) is 8.74. The van der Waals surface area contributed by atoms with Gasteiger partial charge in [-0.2, -0.15) is 0 Å². The van der Waals surface area contributed by atoms with E-state index in [1.54, 1.807) is 5.57 Å². The lowest BCUT2D eigenvalue weighted by atomic mass is 9.47. The van der Waals surface area contributed by atoms with E-state index >= 15 is 0 Å². The second-order valence-electron chi connectivity index (χ2n) is 8.34. The molecule has 0 aromatic rings. The van der Waals surface area contributed by atoms with Gasteiger partial charge in [0.1, 0.15) is 6.29 Å². The molecule has 1 nitrogen and oxygen atoms in total. The van der Waals surface area contributed by atoms with Gasteiger partial charge in [0.05, 0.1) is 0 Å². The maximum absolute atomic E-state index is 11.8. The number of hydrogen-bond donors (Lipinski definition) is 0. The molecule has 0 amide bonds. The second kappa shape index (κ2) is 5.11. The van der Waals surface area contributed by atoms with Crippen molar-refractivity contribution in [2.75, 3.05) is 0 Å². The van der Waals surface area contributed by atoms with E-state index in [-0.39, 0.29) is 5.41 Å². The number of allylic oxidation sites excluding steroid dienone is 4. The van der Waals surface area contributed by atoms with E-state index in [0.29, 0.717) is 23.2 Å². The van der Waals surface area contributed by atoms with Crippen LogP contribution in [0.25, 0.3) is 0 Å². The summed E-state index contributed by atoms with van der Waals surface area (Å²) < 4.78 is 0. The summed E-state index contributed by atoms with van der Waals surface area (Å²) in [5.74, 6) is 1.82. The molecule has 5 unspecified atom stereocenters. The molecule has 0 heterocycles. The predicted molar refractivity (Wildman–Crippen MR) is 88.0 cm³/mol. The standard InChI is InChI=1S/C20H30O/c1-14-6-8-17-16(12-15(14)2)7-9-18-19(3,13-21)10-5-11-20(17,18)4/h6,12-13,15,17-18H,5,7-11H2,1-4H3. The molecule has 1 heteroatoms. The minimum absolute atomic E-state index is 0.0881. The molecule has 0 aromatic carbocycles. The number of carbonyl (C=O) groups is 1. The second-order valence-corrected chi connectivity index (χ2v) is 8.34. The highest BCUT2D eigenvalue weighted by molar-refractivity contribution is 5.60. The van der Waals surface area contributed by atoms with Crippen LogP contribution in [0.4, 0.5) is 0 Å². The van der Waals surface area contributed by atoms with Crippen molar-refractivity contribution >= 4 is 6.29 Å². The van der Waals surface area contributed by atoms with E-state index in [4.69, 9.17) is 0 Å². The zero-order chi connectivity index (χ0) is 15.3. The zero-order valence-electron chi connectivity index (χ0n) is 14.1. The number of rotatable bonds is 1. The molecule has 0 N–H and O–H groups in total. The van der Waals surface area contributed by atoms with Crippen LogP contribution in [0.15, 0.2) is 23.3 Å². The van der Waals surface area contributed by atoms with Crippen LogP contribution in [0, 0.1) is 28.6 Å². The van der Waals surface area contributed by atoms with Gasteiger partial charge < -0.3 is 4.79 Å². The third-order valence-corrected chi connectivity index (χ3v) is 7.12. The minimum atomic E-state index is -0.0881. The fourth-order valence-corrected chi connectivity index (χ4v) is 5.64. The highest BCUT2D eigenvalue weighted by Gasteiger charge is 2.54. The van der Waals surface area contributed by atoms with Crippen molar-refractivity contribution < 1.29 is 4.79 Å². The lowest BCUT2D eigenvalue weighted by Gasteiger charge is -2.57. The number of carbonyl (C=O) groups excluding carboxylic acids is 1. The van der Waals surface area contributed by atoms with Gasteiger partial charge in [0.15, 0.2) is 0 Å².